The Labute approximate surface area is 153 Å². The number of hydrogen-bond donors (Lipinski definition) is 2. The second-order valence-corrected chi connectivity index (χ2v) is 8.11. The Hall–Kier alpha value is -1.71. The summed E-state index contributed by atoms with van der Waals surface area (Å²) < 4.78 is 2.37. The molecule has 2 heterocycles. The molecule has 1 amide bonds. The van der Waals surface area contributed by atoms with Gasteiger partial charge in [-0.15, -0.1) is 10.2 Å². The molecule has 134 valence electrons. The van der Waals surface area contributed by atoms with Crippen molar-refractivity contribution in [2.45, 2.75) is 49.1 Å². The molecule has 1 fully saturated rings. The highest BCUT2D eigenvalue weighted by Gasteiger charge is 2.24. The van der Waals surface area contributed by atoms with Gasteiger partial charge in [-0.05, 0) is 50.5 Å². The van der Waals surface area contributed by atoms with Crippen LogP contribution in [0.15, 0.2) is 21.4 Å². The Balaban J connectivity index is 1.86. The number of amides is 1. The molecule has 1 saturated carbocycles. The smallest absolute Gasteiger partial charge is 0.263 e. The van der Waals surface area contributed by atoms with Gasteiger partial charge in [-0.1, -0.05) is 23.1 Å². The molecule has 0 radical (unpaired) electrons. The minimum Gasteiger partial charge on any atom is -0.393 e. The fourth-order valence-electron chi connectivity index (χ4n) is 3.04. The zero-order valence-corrected chi connectivity index (χ0v) is 15.7. The van der Waals surface area contributed by atoms with E-state index in [-0.39, 0.29) is 23.3 Å². The lowest BCUT2D eigenvalue weighted by Gasteiger charge is -2.27. The van der Waals surface area contributed by atoms with Crippen LogP contribution in [0.5, 0.6) is 0 Å². The summed E-state index contributed by atoms with van der Waals surface area (Å²) in [6.45, 7) is 1.75. The van der Waals surface area contributed by atoms with Crippen molar-refractivity contribution in [1.82, 2.24) is 14.8 Å². The standard InChI is InChI=1S/C16H20N4O3S2/c1-9-7-8-20(10-3-5-11(21)6-4-10)14(23)12(9)13(22)17-15-18-19-16(24-2)25-15/h7-8,10-11,21H,3-6H2,1-2H3,(H,17,18,22). The maximum Gasteiger partial charge on any atom is 0.263 e. The van der Waals surface area contributed by atoms with Crippen molar-refractivity contribution in [2.75, 3.05) is 11.6 Å². The van der Waals surface area contributed by atoms with Crippen molar-refractivity contribution in [3.63, 3.8) is 0 Å². The van der Waals surface area contributed by atoms with E-state index in [1.165, 1.54) is 23.1 Å². The highest BCUT2D eigenvalue weighted by atomic mass is 32.2. The van der Waals surface area contributed by atoms with Crippen molar-refractivity contribution < 1.29 is 9.90 Å². The van der Waals surface area contributed by atoms with Gasteiger partial charge in [0.15, 0.2) is 4.34 Å². The number of aliphatic hydroxyl groups excluding tert-OH is 1. The van der Waals surface area contributed by atoms with E-state index in [1.807, 2.05) is 6.26 Å². The first-order valence-electron chi connectivity index (χ1n) is 8.08. The Bertz CT molecular complexity index is 825. The highest BCUT2D eigenvalue weighted by Crippen LogP contribution is 2.28. The minimum atomic E-state index is -0.462. The third-order valence-corrected chi connectivity index (χ3v) is 6.23. The first-order valence-corrected chi connectivity index (χ1v) is 10.1. The molecule has 0 aromatic carbocycles. The van der Waals surface area contributed by atoms with E-state index in [4.69, 9.17) is 0 Å². The largest absolute Gasteiger partial charge is 0.393 e. The van der Waals surface area contributed by atoms with Crippen LogP contribution in [-0.4, -0.2) is 38.1 Å². The quantitative estimate of drug-likeness (QED) is 0.625. The normalized spacial score (nSPS) is 20.4. The van der Waals surface area contributed by atoms with Crippen LogP contribution in [0.25, 0.3) is 0 Å². The molecule has 2 N–H and O–H groups in total. The molecule has 7 nitrogen and oxygen atoms in total. The molecule has 1 aliphatic carbocycles. The van der Waals surface area contributed by atoms with Crippen molar-refractivity contribution >= 4 is 34.1 Å². The van der Waals surface area contributed by atoms with E-state index in [9.17, 15) is 14.7 Å². The average Bonchev–Trinajstić information content (AvgIpc) is 3.04. The van der Waals surface area contributed by atoms with Crippen molar-refractivity contribution in [2.24, 2.45) is 0 Å². The number of rotatable bonds is 4. The fraction of sp³-hybridized carbons (Fsp3) is 0.500. The summed E-state index contributed by atoms with van der Waals surface area (Å²) in [6, 6.07) is 1.81. The predicted molar refractivity (Wildman–Crippen MR) is 98.6 cm³/mol. The summed E-state index contributed by atoms with van der Waals surface area (Å²) >= 11 is 2.72. The molecule has 0 spiro atoms. The van der Waals surface area contributed by atoms with Gasteiger partial charge in [0.05, 0.1) is 6.10 Å². The van der Waals surface area contributed by atoms with Crippen LogP contribution < -0.4 is 10.9 Å². The first-order chi connectivity index (χ1) is 12.0. The predicted octanol–water partition coefficient (Wildman–Crippen LogP) is 2.46. The Morgan fingerprint density at radius 1 is 1.36 bits per heavy atom. The number of carbonyl (C=O) groups excluding carboxylic acids is 1. The number of nitrogens with zero attached hydrogens (tertiary/aromatic N) is 3. The Morgan fingerprint density at radius 3 is 2.72 bits per heavy atom. The summed E-state index contributed by atoms with van der Waals surface area (Å²) in [4.78, 5) is 25.5. The zero-order chi connectivity index (χ0) is 18.0. The van der Waals surface area contributed by atoms with Gasteiger partial charge in [0, 0.05) is 12.2 Å². The molecule has 0 saturated heterocycles. The lowest BCUT2D eigenvalue weighted by Crippen LogP contribution is -2.34. The van der Waals surface area contributed by atoms with E-state index in [0.29, 0.717) is 23.5 Å². The van der Waals surface area contributed by atoms with E-state index < -0.39 is 5.91 Å². The minimum absolute atomic E-state index is 0.0210. The number of aromatic nitrogens is 3. The number of aryl methyl sites for hydroxylation is 1. The molecule has 9 heteroatoms. The Morgan fingerprint density at radius 2 is 2.08 bits per heavy atom. The second kappa shape index (κ2) is 7.67. The first kappa shape index (κ1) is 18.1. The van der Waals surface area contributed by atoms with Gasteiger partial charge in [-0.2, -0.15) is 0 Å². The summed E-state index contributed by atoms with van der Waals surface area (Å²) in [5.74, 6) is -0.462. The number of anilines is 1. The van der Waals surface area contributed by atoms with Gasteiger partial charge < -0.3 is 9.67 Å². The maximum atomic E-state index is 12.9. The van der Waals surface area contributed by atoms with Crippen molar-refractivity contribution in [3.8, 4) is 0 Å². The third-order valence-electron chi connectivity index (χ3n) is 4.42. The number of aliphatic hydroxyl groups is 1. The molecule has 3 rings (SSSR count). The summed E-state index contributed by atoms with van der Waals surface area (Å²) in [5.41, 5.74) is 0.465. The van der Waals surface area contributed by atoms with Crippen LogP contribution in [0.1, 0.15) is 47.6 Å². The van der Waals surface area contributed by atoms with Gasteiger partial charge in [-0.3, -0.25) is 14.9 Å². The molecule has 0 aliphatic heterocycles. The lowest BCUT2D eigenvalue weighted by atomic mass is 9.92. The van der Waals surface area contributed by atoms with Crippen molar-refractivity contribution in [3.05, 3.63) is 33.7 Å². The van der Waals surface area contributed by atoms with Gasteiger partial charge in [0.2, 0.25) is 5.13 Å². The van der Waals surface area contributed by atoms with Gasteiger partial charge in [0.25, 0.3) is 11.5 Å². The van der Waals surface area contributed by atoms with Crippen LogP contribution in [-0.2, 0) is 0 Å². The number of hydrogen-bond acceptors (Lipinski definition) is 7. The van der Waals surface area contributed by atoms with Crippen LogP contribution in [0, 0.1) is 6.92 Å². The molecule has 0 unspecified atom stereocenters. The van der Waals surface area contributed by atoms with Crippen LogP contribution >= 0.6 is 23.1 Å². The average molecular weight is 380 g/mol. The second-order valence-electron chi connectivity index (χ2n) is 6.08. The van der Waals surface area contributed by atoms with Gasteiger partial charge >= 0.3 is 0 Å². The molecule has 25 heavy (non-hydrogen) atoms. The lowest BCUT2D eigenvalue weighted by molar-refractivity contribution is 0.101. The van der Waals surface area contributed by atoms with Gasteiger partial charge in [0.1, 0.15) is 5.56 Å². The maximum absolute atomic E-state index is 12.9. The molecule has 0 bridgehead atoms. The number of nitrogens with one attached hydrogen (secondary N) is 1. The van der Waals surface area contributed by atoms with Crippen LogP contribution in [0.2, 0.25) is 0 Å². The Kier molecular flexibility index (Phi) is 5.55. The molecular weight excluding hydrogens is 360 g/mol. The van der Waals surface area contributed by atoms with E-state index >= 15 is 0 Å². The van der Waals surface area contributed by atoms with Crippen LogP contribution in [0.3, 0.4) is 0 Å². The number of thioether (sulfide) groups is 1. The van der Waals surface area contributed by atoms with E-state index in [0.717, 1.165) is 17.2 Å². The fourth-order valence-corrected chi connectivity index (χ4v) is 4.21. The van der Waals surface area contributed by atoms with Crippen LogP contribution in [0.4, 0.5) is 5.13 Å². The van der Waals surface area contributed by atoms with Crippen molar-refractivity contribution in [1.29, 1.82) is 0 Å². The summed E-state index contributed by atoms with van der Waals surface area (Å²) in [5, 5.41) is 20.5. The highest BCUT2D eigenvalue weighted by molar-refractivity contribution is 8.00. The van der Waals surface area contributed by atoms with E-state index in [1.54, 1.807) is 23.8 Å². The third kappa shape index (κ3) is 3.94. The molecule has 0 atom stereocenters. The topological polar surface area (TPSA) is 97.1 Å². The van der Waals surface area contributed by atoms with Gasteiger partial charge in [-0.25, -0.2) is 0 Å². The monoisotopic (exact) mass is 380 g/mol. The number of pyridine rings is 1. The SMILES string of the molecule is CSc1nnc(NC(=O)c2c(C)ccn(C3CCC(O)CC3)c2=O)s1. The molecule has 1 aliphatic rings. The summed E-state index contributed by atoms with van der Waals surface area (Å²) in [7, 11) is 0. The molecule has 2 aromatic rings. The molecule has 2 aromatic heterocycles. The molecular formula is C16H20N4O3S2. The summed E-state index contributed by atoms with van der Waals surface area (Å²) in [6.07, 6.45) is 6.16. The zero-order valence-electron chi connectivity index (χ0n) is 14.1. The number of carbonyl (C=O) groups is 1. The van der Waals surface area contributed by atoms with E-state index in [2.05, 4.69) is 15.5 Å².